The standard InChI is InChI=1S/C44H46Cl2N6O4/c1-25(53)49-17-43(18-49)21-51(22-43)35-13-11-27-15-33(47-41(55-3)37(27)35)31-9-5-7-29(39(31)45)30-8-6-10-32(40(30)46)34-16-28-12-14-36(38(28)42(48-34)56-4)52-23-44(24-52)19-50(20-44)26(2)54/h5-10,15-16,35-36H,11-14,17-24H2,1-4H3/t35-,36+. The van der Waals surface area contributed by atoms with Crippen LogP contribution in [0, 0.1) is 10.8 Å². The van der Waals surface area contributed by atoms with Crippen molar-refractivity contribution in [3.8, 4) is 45.4 Å². The molecule has 12 heteroatoms. The molecule has 4 aromatic rings. The van der Waals surface area contributed by atoms with E-state index in [2.05, 4.69) is 21.9 Å². The van der Waals surface area contributed by atoms with Crippen molar-refractivity contribution in [2.45, 2.75) is 51.6 Å². The van der Waals surface area contributed by atoms with E-state index in [9.17, 15) is 9.59 Å². The normalized spacial score (nSPS) is 22.9. The largest absolute Gasteiger partial charge is 0.481 e. The minimum atomic E-state index is 0.164. The van der Waals surface area contributed by atoms with Crippen LogP contribution in [0.25, 0.3) is 33.6 Å². The molecule has 10 nitrogen and oxygen atoms in total. The molecule has 4 saturated heterocycles. The number of pyridine rings is 2. The Balaban J connectivity index is 0.909. The van der Waals surface area contributed by atoms with Gasteiger partial charge in [0.25, 0.3) is 0 Å². The van der Waals surface area contributed by atoms with Crippen LogP contribution >= 0.6 is 23.2 Å². The highest BCUT2D eigenvalue weighted by Crippen LogP contribution is 2.52. The van der Waals surface area contributed by atoms with Gasteiger partial charge in [-0.25, -0.2) is 9.97 Å². The first-order chi connectivity index (χ1) is 27.0. The zero-order valence-corrected chi connectivity index (χ0v) is 33.8. The lowest BCUT2D eigenvalue weighted by atomic mass is 9.72. The van der Waals surface area contributed by atoms with Crippen LogP contribution in [-0.4, -0.2) is 108 Å². The van der Waals surface area contributed by atoms with E-state index in [-0.39, 0.29) is 34.7 Å². The predicted octanol–water partition coefficient (Wildman–Crippen LogP) is 7.10. The first-order valence-corrected chi connectivity index (χ1v) is 20.5. The van der Waals surface area contributed by atoms with E-state index in [1.807, 2.05) is 46.2 Å². The Morgan fingerprint density at radius 3 is 1.36 bits per heavy atom. The van der Waals surface area contributed by atoms with Crippen molar-refractivity contribution in [3.63, 3.8) is 0 Å². The van der Waals surface area contributed by atoms with Gasteiger partial charge in [-0.3, -0.25) is 19.4 Å². The minimum absolute atomic E-state index is 0.164. The molecule has 2 atom stereocenters. The number of rotatable bonds is 7. The van der Waals surface area contributed by atoms with Crippen molar-refractivity contribution in [2.24, 2.45) is 10.8 Å². The van der Waals surface area contributed by atoms with Crippen LogP contribution in [0.4, 0.5) is 0 Å². The number of fused-ring (bicyclic) bond motifs is 2. The van der Waals surface area contributed by atoms with Gasteiger partial charge in [-0.1, -0.05) is 59.6 Å². The molecule has 0 N–H and O–H groups in total. The van der Waals surface area contributed by atoms with Crippen molar-refractivity contribution in [3.05, 3.63) is 80.8 Å². The molecule has 0 saturated carbocycles. The van der Waals surface area contributed by atoms with E-state index < -0.39 is 0 Å². The highest BCUT2D eigenvalue weighted by molar-refractivity contribution is 6.39. The number of amides is 2. The molecule has 6 aliphatic rings. The lowest BCUT2D eigenvalue weighted by molar-refractivity contribution is -0.161. The molecule has 0 radical (unpaired) electrons. The Kier molecular flexibility index (Phi) is 8.49. The summed E-state index contributed by atoms with van der Waals surface area (Å²) in [6.07, 6.45) is 3.91. The fraction of sp³-hybridized carbons (Fsp3) is 0.455. The number of nitrogens with zero attached hydrogens (tertiary/aromatic N) is 6. The van der Waals surface area contributed by atoms with Crippen LogP contribution in [-0.2, 0) is 22.4 Å². The molecule has 6 heterocycles. The van der Waals surface area contributed by atoms with Crippen LogP contribution in [0.15, 0.2) is 48.5 Å². The predicted molar refractivity (Wildman–Crippen MR) is 216 cm³/mol. The smallest absolute Gasteiger partial charge is 0.219 e. The maximum atomic E-state index is 11.8. The summed E-state index contributed by atoms with van der Waals surface area (Å²) in [5.74, 6) is 1.63. The maximum absolute atomic E-state index is 11.8. The lowest BCUT2D eigenvalue weighted by Gasteiger charge is -2.61. The number of hydrogen-bond acceptors (Lipinski definition) is 8. The maximum Gasteiger partial charge on any atom is 0.219 e. The van der Waals surface area contributed by atoms with Gasteiger partial charge in [0.1, 0.15) is 0 Å². The summed E-state index contributed by atoms with van der Waals surface area (Å²) in [6, 6.07) is 16.9. The summed E-state index contributed by atoms with van der Waals surface area (Å²) < 4.78 is 11.9. The number of carbonyl (C=O) groups excluding carboxylic acids is 2. The zero-order valence-electron chi connectivity index (χ0n) is 32.3. The molecule has 2 aromatic heterocycles. The number of aromatic nitrogens is 2. The van der Waals surface area contributed by atoms with Crippen LogP contribution < -0.4 is 9.47 Å². The molecule has 2 spiro atoms. The lowest BCUT2D eigenvalue weighted by Crippen LogP contribution is -2.72. The molecular formula is C44H46Cl2N6O4. The van der Waals surface area contributed by atoms with Gasteiger partial charge in [0, 0.05) is 122 Å². The molecule has 2 aromatic carbocycles. The van der Waals surface area contributed by atoms with E-state index in [0.717, 1.165) is 112 Å². The molecule has 2 aliphatic carbocycles. The monoisotopic (exact) mass is 792 g/mol. The molecule has 10 rings (SSSR count). The van der Waals surface area contributed by atoms with E-state index in [1.165, 1.54) is 22.3 Å². The van der Waals surface area contributed by atoms with Gasteiger partial charge >= 0.3 is 0 Å². The molecular weight excluding hydrogens is 747 g/mol. The highest BCUT2D eigenvalue weighted by atomic mass is 35.5. The van der Waals surface area contributed by atoms with Crippen molar-refractivity contribution in [2.75, 3.05) is 66.6 Å². The number of hydrogen-bond donors (Lipinski definition) is 0. The van der Waals surface area contributed by atoms with Crippen LogP contribution in [0.1, 0.15) is 61.0 Å². The van der Waals surface area contributed by atoms with Gasteiger partial charge in [0.15, 0.2) is 0 Å². The van der Waals surface area contributed by atoms with E-state index in [1.54, 1.807) is 28.1 Å². The Morgan fingerprint density at radius 1 is 0.625 bits per heavy atom. The molecule has 290 valence electrons. The quantitative estimate of drug-likeness (QED) is 0.196. The molecule has 2 amide bonds. The second kappa shape index (κ2) is 13.2. The fourth-order valence-corrected chi connectivity index (χ4v) is 11.4. The van der Waals surface area contributed by atoms with E-state index in [0.29, 0.717) is 21.8 Å². The van der Waals surface area contributed by atoms with Crippen molar-refractivity contribution < 1.29 is 19.1 Å². The second-order valence-electron chi connectivity index (χ2n) is 17.2. The summed E-state index contributed by atoms with van der Waals surface area (Å²) in [5, 5.41) is 1.15. The number of methoxy groups -OCH3 is 2. The molecule has 4 fully saturated rings. The first kappa shape index (κ1) is 36.1. The van der Waals surface area contributed by atoms with Crippen molar-refractivity contribution in [1.82, 2.24) is 29.6 Å². The number of benzene rings is 2. The Labute approximate surface area is 337 Å². The SMILES string of the molecule is COc1nc(-c2cccc(-c3cccc(-c4cc5c(c(OC)n4)[C@@H](N4CC6(CN(C(C)=O)C6)C4)CC5)c3Cl)c2Cl)cc2c1[C@H](N1CC3(CN(C(C)=O)C3)C1)CC2. The van der Waals surface area contributed by atoms with Gasteiger partial charge < -0.3 is 19.3 Å². The Hall–Kier alpha value is -4.22. The van der Waals surface area contributed by atoms with Crippen molar-refractivity contribution in [1.29, 1.82) is 0 Å². The highest BCUT2D eigenvalue weighted by Gasteiger charge is 2.56. The Bertz CT molecular complexity index is 2140. The van der Waals surface area contributed by atoms with Gasteiger partial charge in [0.2, 0.25) is 23.6 Å². The average Bonchev–Trinajstić information content (AvgIpc) is 3.73. The molecule has 56 heavy (non-hydrogen) atoms. The second-order valence-corrected chi connectivity index (χ2v) is 17.9. The number of ether oxygens (including phenoxy) is 2. The van der Waals surface area contributed by atoms with Gasteiger partial charge in [-0.2, -0.15) is 0 Å². The van der Waals surface area contributed by atoms with Crippen molar-refractivity contribution >= 4 is 35.0 Å². The number of halogens is 2. The van der Waals surface area contributed by atoms with Crippen LogP contribution in [0.3, 0.4) is 0 Å². The molecule has 0 bridgehead atoms. The number of likely N-dealkylation sites (tertiary alicyclic amines) is 4. The van der Waals surface area contributed by atoms with Crippen LogP contribution in [0.5, 0.6) is 11.8 Å². The number of aryl methyl sites for hydroxylation is 2. The number of carbonyl (C=O) groups is 2. The molecule has 4 aliphatic heterocycles. The minimum Gasteiger partial charge on any atom is -0.481 e. The third kappa shape index (κ3) is 5.57. The summed E-state index contributed by atoms with van der Waals surface area (Å²) in [5.41, 5.74) is 10.2. The van der Waals surface area contributed by atoms with E-state index >= 15 is 0 Å². The van der Waals surface area contributed by atoms with Crippen LogP contribution in [0.2, 0.25) is 10.0 Å². The van der Waals surface area contributed by atoms with E-state index in [4.69, 9.17) is 42.6 Å². The average molecular weight is 794 g/mol. The topological polar surface area (TPSA) is 91.3 Å². The Morgan fingerprint density at radius 2 is 1.00 bits per heavy atom. The summed E-state index contributed by atoms with van der Waals surface area (Å²) in [4.78, 5) is 42.6. The van der Waals surface area contributed by atoms with Gasteiger partial charge in [-0.15, -0.1) is 0 Å². The third-order valence-electron chi connectivity index (χ3n) is 13.5. The van der Waals surface area contributed by atoms with Gasteiger partial charge in [-0.05, 0) is 48.9 Å². The molecule has 0 unspecified atom stereocenters. The summed E-state index contributed by atoms with van der Waals surface area (Å²) in [6.45, 7) is 10.7. The summed E-state index contributed by atoms with van der Waals surface area (Å²) in [7, 11) is 3.39. The van der Waals surface area contributed by atoms with Gasteiger partial charge in [0.05, 0.1) is 35.7 Å². The third-order valence-corrected chi connectivity index (χ3v) is 14.3. The summed E-state index contributed by atoms with van der Waals surface area (Å²) >= 11 is 14.6. The zero-order chi connectivity index (χ0) is 38.7. The fourth-order valence-electron chi connectivity index (χ4n) is 10.8. The first-order valence-electron chi connectivity index (χ1n) is 19.7.